The average Bonchev–Trinajstić information content (AvgIpc) is 2.59. The van der Waals surface area contributed by atoms with Crippen molar-refractivity contribution >= 4 is 17.7 Å². The maximum Gasteiger partial charge on any atom is 0.248 e. The number of rotatable bonds is 7. The fourth-order valence-corrected chi connectivity index (χ4v) is 1.85. The number of hydrogen-bond acceptors (Lipinski definition) is 4. The van der Waals surface area contributed by atoms with E-state index in [4.69, 9.17) is 9.47 Å². The van der Waals surface area contributed by atoms with Crippen LogP contribution in [0.2, 0.25) is 0 Å². The highest BCUT2D eigenvalue weighted by Gasteiger charge is 2.04. The van der Waals surface area contributed by atoms with E-state index in [1.807, 2.05) is 6.07 Å². The molecule has 5 heteroatoms. The molecule has 1 heterocycles. The maximum absolute atomic E-state index is 11.9. The highest BCUT2D eigenvalue weighted by Crippen LogP contribution is 2.28. The Morgan fingerprint density at radius 1 is 1.26 bits per heavy atom. The maximum atomic E-state index is 11.9. The molecule has 0 radical (unpaired) electrons. The van der Waals surface area contributed by atoms with Gasteiger partial charge in [-0.05, 0) is 35.9 Å². The number of anilines is 1. The molecule has 0 aliphatic carbocycles. The molecule has 1 aromatic carbocycles. The smallest absolute Gasteiger partial charge is 0.248 e. The summed E-state index contributed by atoms with van der Waals surface area (Å²) in [6.07, 6.45) is 8.06. The van der Waals surface area contributed by atoms with E-state index in [1.54, 1.807) is 55.9 Å². The van der Waals surface area contributed by atoms with Crippen molar-refractivity contribution in [1.29, 1.82) is 0 Å². The lowest BCUT2D eigenvalue weighted by atomic mass is 10.2. The van der Waals surface area contributed by atoms with Gasteiger partial charge in [0.2, 0.25) is 5.91 Å². The number of amides is 1. The molecule has 2 rings (SSSR count). The Morgan fingerprint density at radius 2 is 2.04 bits per heavy atom. The first kappa shape index (κ1) is 16.3. The molecule has 0 spiro atoms. The highest BCUT2D eigenvalue weighted by molar-refractivity contribution is 6.01. The third kappa shape index (κ3) is 5.00. The summed E-state index contributed by atoms with van der Waals surface area (Å²) in [5.41, 5.74) is 1.53. The SMILES string of the molecule is C=CCOc1ccc(/C=C/C(=O)Nc2ccncc2)cc1OC. The Labute approximate surface area is 135 Å². The van der Waals surface area contributed by atoms with Crippen molar-refractivity contribution in [2.45, 2.75) is 0 Å². The Hall–Kier alpha value is -3.08. The third-order valence-electron chi connectivity index (χ3n) is 2.92. The number of nitrogens with zero attached hydrogens (tertiary/aromatic N) is 1. The molecule has 0 atom stereocenters. The second kappa shape index (κ2) is 8.38. The summed E-state index contributed by atoms with van der Waals surface area (Å²) in [6, 6.07) is 8.88. The molecule has 0 aliphatic rings. The van der Waals surface area contributed by atoms with E-state index in [9.17, 15) is 4.79 Å². The van der Waals surface area contributed by atoms with Crippen LogP contribution in [-0.4, -0.2) is 24.6 Å². The lowest BCUT2D eigenvalue weighted by Crippen LogP contribution is -2.07. The van der Waals surface area contributed by atoms with Gasteiger partial charge >= 0.3 is 0 Å². The van der Waals surface area contributed by atoms with Gasteiger partial charge in [0.1, 0.15) is 6.61 Å². The molecule has 0 saturated heterocycles. The van der Waals surface area contributed by atoms with Crippen LogP contribution in [0.3, 0.4) is 0 Å². The van der Waals surface area contributed by atoms with Gasteiger partial charge in [-0.15, -0.1) is 0 Å². The molecular weight excluding hydrogens is 292 g/mol. The molecule has 118 valence electrons. The van der Waals surface area contributed by atoms with Crippen molar-refractivity contribution < 1.29 is 14.3 Å². The number of benzene rings is 1. The average molecular weight is 310 g/mol. The van der Waals surface area contributed by atoms with Crippen molar-refractivity contribution in [3.63, 3.8) is 0 Å². The molecule has 23 heavy (non-hydrogen) atoms. The molecule has 1 amide bonds. The number of aromatic nitrogens is 1. The number of hydrogen-bond donors (Lipinski definition) is 1. The van der Waals surface area contributed by atoms with Crippen molar-refractivity contribution in [3.05, 3.63) is 67.0 Å². The van der Waals surface area contributed by atoms with E-state index in [0.29, 0.717) is 23.8 Å². The predicted molar refractivity (Wildman–Crippen MR) is 90.6 cm³/mol. The lowest BCUT2D eigenvalue weighted by molar-refractivity contribution is -0.111. The topological polar surface area (TPSA) is 60.5 Å². The van der Waals surface area contributed by atoms with Crippen molar-refractivity contribution in [2.24, 2.45) is 0 Å². The number of carbonyl (C=O) groups is 1. The van der Waals surface area contributed by atoms with Gasteiger partial charge in [0.15, 0.2) is 11.5 Å². The molecule has 1 N–H and O–H groups in total. The molecule has 0 bridgehead atoms. The molecule has 0 unspecified atom stereocenters. The Kier molecular flexibility index (Phi) is 5.94. The summed E-state index contributed by atoms with van der Waals surface area (Å²) < 4.78 is 10.8. The van der Waals surface area contributed by atoms with Gasteiger partial charge in [0.05, 0.1) is 7.11 Å². The Bertz CT molecular complexity index is 697. The molecule has 1 aromatic heterocycles. The van der Waals surface area contributed by atoms with Crippen molar-refractivity contribution in [2.75, 3.05) is 19.0 Å². The summed E-state index contributed by atoms with van der Waals surface area (Å²) in [6.45, 7) is 4.01. The molecular formula is C18H18N2O3. The number of nitrogens with one attached hydrogen (secondary N) is 1. The van der Waals surface area contributed by atoms with Crippen LogP contribution in [0.4, 0.5) is 5.69 Å². The van der Waals surface area contributed by atoms with E-state index in [0.717, 1.165) is 5.56 Å². The van der Waals surface area contributed by atoms with Crippen LogP contribution in [0, 0.1) is 0 Å². The Balaban J connectivity index is 2.04. The minimum absolute atomic E-state index is 0.220. The van der Waals surface area contributed by atoms with Gasteiger partial charge in [0, 0.05) is 24.2 Å². The number of ether oxygens (including phenoxy) is 2. The number of pyridine rings is 1. The normalized spacial score (nSPS) is 10.3. The Morgan fingerprint density at radius 3 is 2.74 bits per heavy atom. The van der Waals surface area contributed by atoms with E-state index >= 15 is 0 Å². The van der Waals surface area contributed by atoms with Crippen LogP contribution in [0.15, 0.2) is 61.5 Å². The first-order valence-electron chi connectivity index (χ1n) is 7.03. The van der Waals surface area contributed by atoms with E-state index in [1.165, 1.54) is 6.08 Å². The first-order chi connectivity index (χ1) is 11.2. The zero-order valence-corrected chi connectivity index (χ0v) is 12.9. The van der Waals surface area contributed by atoms with Crippen LogP contribution < -0.4 is 14.8 Å². The highest BCUT2D eigenvalue weighted by atomic mass is 16.5. The molecule has 0 aliphatic heterocycles. The largest absolute Gasteiger partial charge is 0.493 e. The molecule has 0 fully saturated rings. The molecule has 5 nitrogen and oxygen atoms in total. The quantitative estimate of drug-likeness (QED) is 0.629. The van der Waals surface area contributed by atoms with Crippen LogP contribution in [-0.2, 0) is 4.79 Å². The number of carbonyl (C=O) groups excluding carboxylic acids is 1. The van der Waals surface area contributed by atoms with Gasteiger partial charge < -0.3 is 14.8 Å². The van der Waals surface area contributed by atoms with Gasteiger partial charge in [-0.3, -0.25) is 9.78 Å². The molecule has 0 saturated carbocycles. The summed E-state index contributed by atoms with van der Waals surface area (Å²) >= 11 is 0. The minimum atomic E-state index is -0.220. The van der Waals surface area contributed by atoms with Gasteiger partial charge in [-0.25, -0.2) is 0 Å². The lowest BCUT2D eigenvalue weighted by Gasteiger charge is -2.09. The first-order valence-corrected chi connectivity index (χ1v) is 7.03. The van der Waals surface area contributed by atoms with Crippen LogP contribution in [0.1, 0.15) is 5.56 Å². The minimum Gasteiger partial charge on any atom is -0.493 e. The second-order valence-corrected chi connectivity index (χ2v) is 4.57. The van der Waals surface area contributed by atoms with Crippen molar-refractivity contribution in [3.8, 4) is 11.5 Å². The fraction of sp³-hybridized carbons (Fsp3) is 0.111. The zero-order chi connectivity index (χ0) is 16.5. The van der Waals surface area contributed by atoms with Gasteiger partial charge in [-0.1, -0.05) is 18.7 Å². The molecule has 2 aromatic rings. The second-order valence-electron chi connectivity index (χ2n) is 4.57. The van der Waals surface area contributed by atoms with E-state index < -0.39 is 0 Å². The van der Waals surface area contributed by atoms with Gasteiger partial charge in [-0.2, -0.15) is 0 Å². The predicted octanol–water partition coefficient (Wildman–Crippen LogP) is 3.31. The number of methoxy groups -OCH3 is 1. The summed E-state index contributed by atoms with van der Waals surface area (Å²) in [5.74, 6) is 1.01. The van der Waals surface area contributed by atoms with Crippen LogP contribution >= 0.6 is 0 Å². The van der Waals surface area contributed by atoms with Crippen molar-refractivity contribution in [1.82, 2.24) is 4.98 Å². The summed E-state index contributed by atoms with van der Waals surface area (Å²) in [4.78, 5) is 15.8. The van der Waals surface area contributed by atoms with Crippen LogP contribution in [0.5, 0.6) is 11.5 Å². The van der Waals surface area contributed by atoms with E-state index in [2.05, 4.69) is 16.9 Å². The standard InChI is InChI=1S/C18H18N2O3/c1-3-12-23-16-6-4-14(13-17(16)22-2)5-7-18(21)20-15-8-10-19-11-9-15/h3-11,13H,1,12H2,2H3,(H,19,20,21)/b7-5+. The van der Waals surface area contributed by atoms with E-state index in [-0.39, 0.29) is 5.91 Å². The van der Waals surface area contributed by atoms with Crippen LogP contribution in [0.25, 0.3) is 6.08 Å². The van der Waals surface area contributed by atoms with Gasteiger partial charge in [0.25, 0.3) is 0 Å². The third-order valence-corrected chi connectivity index (χ3v) is 2.92. The monoisotopic (exact) mass is 310 g/mol. The summed E-state index contributed by atoms with van der Waals surface area (Å²) in [5, 5.41) is 2.75. The zero-order valence-electron chi connectivity index (χ0n) is 12.9. The summed E-state index contributed by atoms with van der Waals surface area (Å²) in [7, 11) is 1.57. The fourth-order valence-electron chi connectivity index (χ4n) is 1.85.